The summed E-state index contributed by atoms with van der Waals surface area (Å²) in [5.41, 5.74) is -0.0599. The molecule has 0 unspecified atom stereocenters. The number of fused-ring (bicyclic) bond motifs is 1. The molecule has 0 aliphatic heterocycles. The predicted octanol–water partition coefficient (Wildman–Crippen LogP) is 4.83. The number of carbonyl (C=O) groups excluding carboxylic acids is 2. The third-order valence-electron chi connectivity index (χ3n) is 4.62. The molecule has 0 saturated heterocycles. The summed E-state index contributed by atoms with van der Waals surface area (Å²) in [5.74, 6) is -1.00. The second-order valence-corrected chi connectivity index (χ2v) is 7.15. The van der Waals surface area contributed by atoms with Crippen LogP contribution in [-0.4, -0.2) is 31.8 Å². The van der Waals surface area contributed by atoms with Crippen molar-refractivity contribution in [1.82, 2.24) is 0 Å². The molecule has 0 spiro atoms. The van der Waals surface area contributed by atoms with Gasteiger partial charge in [0, 0.05) is 10.6 Å². The molecule has 0 heterocycles. The number of halogens is 2. The molecule has 0 radical (unpaired) electrons. The summed E-state index contributed by atoms with van der Waals surface area (Å²) >= 11 is 12.1. The van der Waals surface area contributed by atoms with Crippen LogP contribution in [0.25, 0.3) is 6.08 Å². The van der Waals surface area contributed by atoms with Crippen molar-refractivity contribution < 1.29 is 23.8 Å². The van der Waals surface area contributed by atoms with Gasteiger partial charge in [-0.05, 0) is 49.2 Å². The first-order valence-corrected chi connectivity index (χ1v) is 9.93. The average molecular weight is 435 g/mol. The molecule has 0 saturated carbocycles. The Hall–Kier alpha value is -2.50. The Bertz CT molecular complexity index is 949. The van der Waals surface area contributed by atoms with Gasteiger partial charge < -0.3 is 14.2 Å². The van der Waals surface area contributed by atoms with Crippen LogP contribution in [0.5, 0.6) is 5.75 Å². The lowest BCUT2D eigenvalue weighted by Gasteiger charge is -2.29. The average Bonchev–Trinajstić information content (AvgIpc) is 3.03. The maximum atomic E-state index is 13.1. The van der Waals surface area contributed by atoms with Crippen molar-refractivity contribution in [2.24, 2.45) is 0 Å². The molecule has 0 amide bonds. The molecule has 2 aromatic carbocycles. The third kappa shape index (κ3) is 3.85. The summed E-state index contributed by atoms with van der Waals surface area (Å²) in [4.78, 5) is 26.2. The van der Waals surface area contributed by atoms with Crippen LogP contribution in [0.3, 0.4) is 0 Å². The van der Waals surface area contributed by atoms with Gasteiger partial charge in [-0.3, -0.25) is 9.59 Å². The second-order valence-electron chi connectivity index (χ2n) is 6.31. The van der Waals surface area contributed by atoms with E-state index in [4.69, 9.17) is 37.4 Å². The number of hydrogen-bond donors (Lipinski definition) is 0. The van der Waals surface area contributed by atoms with E-state index in [0.29, 0.717) is 26.9 Å². The molecule has 29 heavy (non-hydrogen) atoms. The van der Waals surface area contributed by atoms with Crippen LogP contribution in [-0.2, 0) is 24.5 Å². The monoisotopic (exact) mass is 434 g/mol. The zero-order chi connectivity index (χ0) is 21.0. The maximum Gasteiger partial charge on any atom is 0.332 e. The first-order chi connectivity index (χ1) is 13.9. The Morgan fingerprint density at radius 3 is 2.24 bits per heavy atom. The number of hydrogen-bond acceptors (Lipinski definition) is 5. The van der Waals surface area contributed by atoms with Crippen molar-refractivity contribution in [2.75, 3.05) is 19.8 Å². The Balaban J connectivity index is 2.05. The molecule has 0 aromatic heterocycles. The molecular weight excluding hydrogens is 415 g/mol. The molecular formula is C22H20Cl2O5. The number of carbonyl (C=O) groups is 2. The molecule has 0 bridgehead atoms. The number of ether oxygens (including phenoxy) is 3. The van der Waals surface area contributed by atoms with E-state index in [1.807, 2.05) is 12.1 Å². The van der Waals surface area contributed by atoms with Gasteiger partial charge in [0.1, 0.15) is 12.4 Å². The van der Waals surface area contributed by atoms with E-state index in [-0.39, 0.29) is 19.8 Å². The quantitative estimate of drug-likeness (QED) is 0.461. The van der Waals surface area contributed by atoms with E-state index in [2.05, 4.69) is 0 Å². The minimum atomic E-state index is -1.72. The number of benzene rings is 2. The molecule has 5 nitrogen and oxygen atoms in total. The highest BCUT2D eigenvalue weighted by molar-refractivity contribution is 6.35. The predicted molar refractivity (Wildman–Crippen MR) is 111 cm³/mol. The Kier molecular flexibility index (Phi) is 6.50. The van der Waals surface area contributed by atoms with Crippen LogP contribution in [0, 0.1) is 0 Å². The smallest absolute Gasteiger partial charge is 0.332 e. The highest BCUT2D eigenvalue weighted by atomic mass is 35.5. The van der Waals surface area contributed by atoms with Crippen LogP contribution >= 0.6 is 23.2 Å². The largest absolute Gasteiger partial charge is 0.488 e. The van der Waals surface area contributed by atoms with Gasteiger partial charge in [0.25, 0.3) is 0 Å². The van der Waals surface area contributed by atoms with Gasteiger partial charge in [-0.2, -0.15) is 0 Å². The topological polar surface area (TPSA) is 61.8 Å². The minimum absolute atomic E-state index is 0.0618. The molecule has 3 rings (SSSR count). The minimum Gasteiger partial charge on any atom is -0.488 e. The lowest BCUT2D eigenvalue weighted by atomic mass is 9.77. The van der Waals surface area contributed by atoms with E-state index in [9.17, 15) is 9.59 Å². The van der Waals surface area contributed by atoms with E-state index >= 15 is 0 Å². The van der Waals surface area contributed by atoms with Crippen LogP contribution in [0.4, 0.5) is 0 Å². The first-order valence-electron chi connectivity index (χ1n) is 9.18. The fourth-order valence-electron chi connectivity index (χ4n) is 3.38. The normalized spacial score (nSPS) is 14.0. The van der Waals surface area contributed by atoms with Gasteiger partial charge in [-0.15, -0.1) is 0 Å². The Morgan fingerprint density at radius 2 is 1.62 bits per heavy atom. The molecule has 0 N–H and O–H groups in total. The molecule has 1 aliphatic rings. The van der Waals surface area contributed by atoms with Crippen LogP contribution in [0.2, 0.25) is 10.0 Å². The van der Waals surface area contributed by atoms with E-state index in [1.165, 1.54) is 0 Å². The van der Waals surface area contributed by atoms with Crippen molar-refractivity contribution in [2.45, 2.75) is 19.3 Å². The van der Waals surface area contributed by atoms with Crippen molar-refractivity contribution >= 4 is 41.2 Å². The highest BCUT2D eigenvalue weighted by Gasteiger charge is 2.57. The molecule has 0 fully saturated rings. The Morgan fingerprint density at radius 1 is 0.966 bits per heavy atom. The summed E-state index contributed by atoms with van der Waals surface area (Å²) in [6, 6.07) is 12.0. The van der Waals surface area contributed by atoms with E-state index in [1.54, 1.807) is 50.3 Å². The van der Waals surface area contributed by atoms with Gasteiger partial charge in [0.2, 0.25) is 5.41 Å². The lowest BCUT2D eigenvalue weighted by Crippen LogP contribution is -2.47. The summed E-state index contributed by atoms with van der Waals surface area (Å²) in [6.45, 7) is 3.56. The fourth-order valence-corrected chi connectivity index (χ4v) is 3.84. The van der Waals surface area contributed by atoms with Gasteiger partial charge >= 0.3 is 11.9 Å². The van der Waals surface area contributed by atoms with E-state index < -0.39 is 17.4 Å². The van der Waals surface area contributed by atoms with Crippen LogP contribution in [0.1, 0.15) is 25.0 Å². The lowest BCUT2D eigenvalue weighted by molar-refractivity contribution is -0.162. The third-order valence-corrected chi connectivity index (χ3v) is 5.15. The molecule has 7 heteroatoms. The summed E-state index contributed by atoms with van der Waals surface area (Å²) in [7, 11) is 0. The number of esters is 2. The van der Waals surface area contributed by atoms with Crippen molar-refractivity contribution in [3.05, 3.63) is 69.2 Å². The van der Waals surface area contributed by atoms with E-state index in [0.717, 1.165) is 5.56 Å². The standard InChI is InChI=1S/C22H20Cl2O5/c1-3-27-20(25)22(21(26)28-4-2)15(11-14-7-5-6-8-17(14)22)13-29-19-10-9-16(23)12-18(19)24/h5-12H,3-4,13H2,1-2H3. The van der Waals surface area contributed by atoms with Crippen molar-refractivity contribution in [1.29, 1.82) is 0 Å². The van der Waals surface area contributed by atoms with Crippen LogP contribution in [0.15, 0.2) is 48.0 Å². The fraction of sp³-hybridized carbons (Fsp3) is 0.273. The SMILES string of the molecule is CCOC(=O)C1(C(=O)OCC)C(COc2ccc(Cl)cc2Cl)=Cc2ccccc21. The zero-order valence-electron chi connectivity index (χ0n) is 16.0. The molecule has 152 valence electrons. The van der Waals surface area contributed by atoms with Gasteiger partial charge in [-0.1, -0.05) is 47.5 Å². The maximum absolute atomic E-state index is 13.1. The van der Waals surface area contributed by atoms with Gasteiger partial charge in [0.05, 0.1) is 18.2 Å². The second kappa shape index (κ2) is 8.89. The number of rotatable bonds is 7. The molecule has 2 aromatic rings. The summed E-state index contributed by atoms with van der Waals surface area (Å²) in [6.07, 6.45) is 1.76. The first kappa shape index (κ1) is 21.2. The van der Waals surface area contributed by atoms with Gasteiger partial charge in [0.15, 0.2) is 0 Å². The van der Waals surface area contributed by atoms with Crippen molar-refractivity contribution in [3.63, 3.8) is 0 Å². The zero-order valence-corrected chi connectivity index (χ0v) is 17.5. The summed E-state index contributed by atoms with van der Waals surface area (Å²) < 4.78 is 16.4. The Labute approximate surface area is 179 Å². The van der Waals surface area contributed by atoms with Gasteiger partial charge in [-0.25, -0.2) is 0 Å². The summed E-state index contributed by atoms with van der Waals surface area (Å²) in [5, 5.41) is 0.800. The molecule has 1 aliphatic carbocycles. The van der Waals surface area contributed by atoms with Crippen molar-refractivity contribution in [3.8, 4) is 5.75 Å². The molecule has 0 atom stereocenters. The highest BCUT2D eigenvalue weighted by Crippen LogP contribution is 2.44. The van der Waals surface area contributed by atoms with Crippen LogP contribution < -0.4 is 4.74 Å².